The van der Waals surface area contributed by atoms with Gasteiger partial charge in [-0.3, -0.25) is 9.59 Å². The van der Waals surface area contributed by atoms with E-state index >= 15 is 0 Å². The van der Waals surface area contributed by atoms with E-state index in [1.165, 1.54) is 171 Å². The Labute approximate surface area is 304 Å². The quantitative estimate of drug-likeness (QED) is 0.0367. The lowest BCUT2D eigenvalue weighted by atomic mass is 10.1. The first-order chi connectivity index (χ1) is 23.0. The minimum Gasteiger partial charge on any atom is -0.309 e. The van der Waals surface area contributed by atoms with E-state index in [9.17, 15) is 9.59 Å². The molecule has 0 bridgehead atoms. The van der Waals surface area contributed by atoms with Crippen LogP contribution in [0.15, 0.2) is 24.3 Å². The molecule has 0 aliphatic heterocycles. The van der Waals surface area contributed by atoms with Crippen LogP contribution >= 0.6 is 31.4 Å². The van der Waals surface area contributed by atoms with Gasteiger partial charge in [0.1, 0.15) is 0 Å². The van der Waals surface area contributed by atoms with E-state index in [0.717, 1.165) is 50.0 Å². The summed E-state index contributed by atoms with van der Waals surface area (Å²) in [6.45, 7) is 5.71. The predicted molar refractivity (Wildman–Crippen MR) is 220 cm³/mol. The number of nitrogens with zero attached hydrogens (tertiary/aromatic N) is 1. The maximum atomic E-state index is 12.2. The third kappa shape index (κ3) is 38.6. The molecule has 0 aromatic carbocycles. The van der Waals surface area contributed by atoms with Crippen molar-refractivity contribution in [2.45, 2.75) is 174 Å². The Balaban J connectivity index is 3.99. The SMILES string of the molecule is CCCCCCC=CCSC(=O)CCCCCCCP(CCCCCCCC(=O)SCC=CCCCCCC)CCCCCN(C)C. The number of carbonyl (C=O) groups is 2. The summed E-state index contributed by atoms with van der Waals surface area (Å²) in [5, 5.41) is 0.750. The summed E-state index contributed by atoms with van der Waals surface area (Å²) in [6.07, 6.45) is 44.2. The molecule has 0 aliphatic rings. The molecule has 0 N–H and O–H groups in total. The lowest BCUT2D eigenvalue weighted by molar-refractivity contribution is -0.111. The normalized spacial score (nSPS) is 12.6. The summed E-state index contributed by atoms with van der Waals surface area (Å²) in [5.74, 6) is 1.70. The number of allylic oxidation sites excluding steroid dienone is 2. The van der Waals surface area contributed by atoms with Crippen molar-refractivity contribution < 1.29 is 9.59 Å². The van der Waals surface area contributed by atoms with Gasteiger partial charge in [-0.05, 0) is 103 Å². The van der Waals surface area contributed by atoms with Crippen LogP contribution in [-0.2, 0) is 9.59 Å². The fraction of sp³-hybridized carbons (Fsp3) is 0.854. The summed E-state index contributed by atoms with van der Waals surface area (Å²) in [5.41, 5.74) is 0. The molecule has 47 heavy (non-hydrogen) atoms. The van der Waals surface area contributed by atoms with Crippen LogP contribution in [0.3, 0.4) is 0 Å². The largest absolute Gasteiger partial charge is 0.309 e. The molecule has 0 saturated heterocycles. The number of rotatable bonds is 36. The van der Waals surface area contributed by atoms with Gasteiger partial charge in [0.15, 0.2) is 10.2 Å². The summed E-state index contributed by atoms with van der Waals surface area (Å²) >= 11 is 3.01. The highest BCUT2D eigenvalue weighted by Crippen LogP contribution is 2.39. The van der Waals surface area contributed by atoms with Crippen molar-refractivity contribution in [3.63, 3.8) is 0 Å². The molecule has 0 radical (unpaired) electrons. The molecule has 6 heteroatoms. The van der Waals surface area contributed by atoms with Crippen LogP contribution in [0.2, 0.25) is 0 Å². The van der Waals surface area contributed by atoms with Crippen molar-refractivity contribution in [2.24, 2.45) is 0 Å². The van der Waals surface area contributed by atoms with E-state index in [0.29, 0.717) is 10.2 Å². The van der Waals surface area contributed by atoms with Crippen LogP contribution in [0, 0.1) is 0 Å². The first-order valence-corrected chi connectivity index (χ1v) is 23.8. The molecule has 0 aliphatic carbocycles. The zero-order valence-electron chi connectivity index (χ0n) is 31.8. The molecular weight excluding hydrogens is 634 g/mol. The molecule has 0 saturated carbocycles. The van der Waals surface area contributed by atoms with Gasteiger partial charge >= 0.3 is 0 Å². The monoisotopic (exact) mass is 712 g/mol. The first-order valence-electron chi connectivity index (χ1n) is 20.0. The summed E-state index contributed by atoms with van der Waals surface area (Å²) in [4.78, 5) is 26.7. The van der Waals surface area contributed by atoms with Crippen molar-refractivity contribution >= 4 is 41.7 Å². The number of hydrogen-bond acceptors (Lipinski definition) is 5. The van der Waals surface area contributed by atoms with Crippen LogP contribution in [-0.4, -0.2) is 65.8 Å². The molecule has 0 aromatic heterocycles. The Morgan fingerprint density at radius 1 is 0.489 bits per heavy atom. The molecule has 3 nitrogen and oxygen atoms in total. The average molecular weight is 712 g/mol. The molecule has 0 heterocycles. The number of hydrogen-bond donors (Lipinski definition) is 0. The predicted octanol–water partition coefficient (Wildman–Crippen LogP) is 13.5. The number of unbranched alkanes of at least 4 members (excludes halogenated alkanes) is 18. The van der Waals surface area contributed by atoms with E-state index in [4.69, 9.17) is 0 Å². The van der Waals surface area contributed by atoms with Gasteiger partial charge in [0, 0.05) is 24.3 Å². The van der Waals surface area contributed by atoms with Gasteiger partial charge in [-0.25, -0.2) is 0 Å². The topological polar surface area (TPSA) is 37.4 Å². The van der Waals surface area contributed by atoms with Crippen LogP contribution in [0.1, 0.15) is 174 Å². The lowest BCUT2D eigenvalue weighted by Gasteiger charge is -2.18. The second-order valence-corrected chi connectivity index (χ2v) is 18.6. The maximum absolute atomic E-state index is 12.2. The summed E-state index contributed by atoms with van der Waals surface area (Å²) in [6, 6.07) is 0. The average Bonchev–Trinajstić information content (AvgIpc) is 3.05. The van der Waals surface area contributed by atoms with Crippen molar-refractivity contribution in [1.29, 1.82) is 0 Å². The van der Waals surface area contributed by atoms with Crippen molar-refractivity contribution in [3.8, 4) is 0 Å². The van der Waals surface area contributed by atoms with Gasteiger partial charge < -0.3 is 4.90 Å². The second kappa shape index (κ2) is 38.7. The van der Waals surface area contributed by atoms with Gasteiger partial charge in [-0.15, -0.1) is 7.92 Å². The molecule has 0 aromatic rings. The zero-order valence-corrected chi connectivity index (χ0v) is 34.3. The maximum Gasteiger partial charge on any atom is 0.189 e. The molecule has 0 spiro atoms. The van der Waals surface area contributed by atoms with E-state index < -0.39 is 0 Å². The van der Waals surface area contributed by atoms with Crippen LogP contribution in [0.4, 0.5) is 0 Å². The van der Waals surface area contributed by atoms with Gasteiger partial charge in [0.05, 0.1) is 0 Å². The Kier molecular flexibility index (Phi) is 38.6. The third-order valence-electron chi connectivity index (χ3n) is 8.75. The van der Waals surface area contributed by atoms with Crippen LogP contribution in [0.5, 0.6) is 0 Å². The number of thioether (sulfide) groups is 2. The van der Waals surface area contributed by atoms with Crippen LogP contribution < -0.4 is 0 Å². The molecule has 276 valence electrons. The molecule has 0 fully saturated rings. The van der Waals surface area contributed by atoms with E-state index in [1.54, 1.807) is 0 Å². The minimum atomic E-state index is 0.166. The number of carbonyl (C=O) groups excluding carboxylic acids is 2. The van der Waals surface area contributed by atoms with Crippen LogP contribution in [0.25, 0.3) is 0 Å². The van der Waals surface area contributed by atoms with Gasteiger partial charge in [-0.2, -0.15) is 0 Å². The smallest absolute Gasteiger partial charge is 0.189 e. The van der Waals surface area contributed by atoms with Gasteiger partial charge in [0.2, 0.25) is 0 Å². The lowest BCUT2D eigenvalue weighted by Crippen LogP contribution is -2.12. The minimum absolute atomic E-state index is 0.166. The zero-order chi connectivity index (χ0) is 34.5. The molecular formula is C41H78NO2PS2. The van der Waals surface area contributed by atoms with E-state index in [-0.39, 0.29) is 7.92 Å². The summed E-state index contributed by atoms with van der Waals surface area (Å²) < 4.78 is 0. The molecule has 0 unspecified atom stereocenters. The fourth-order valence-electron chi connectivity index (χ4n) is 5.72. The van der Waals surface area contributed by atoms with Crippen molar-refractivity contribution in [2.75, 3.05) is 50.6 Å². The first kappa shape index (κ1) is 46.9. The highest BCUT2D eigenvalue weighted by atomic mass is 32.2. The Morgan fingerprint density at radius 2 is 0.872 bits per heavy atom. The van der Waals surface area contributed by atoms with E-state index in [2.05, 4.69) is 57.1 Å². The highest BCUT2D eigenvalue weighted by Gasteiger charge is 2.09. The Morgan fingerprint density at radius 3 is 1.30 bits per heavy atom. The molecule has 0 rings (SSSR count). The molecule has 0 amide bonds. The van der Waals surface area contributed by atoms with E-state index in [1.807, 2.05) is 0 Å². The molecule has 0 atom stereocenters. The standard InChI is InChI=1S/C41H78NO2PS2/c1-5-7-9-11-13-21-30-38-46-40(43)32-24-17-15-19-27-35-45(37-29-23-26-34-42(3)4)36-28-20-16-18-25-33-41(44)47-39-31-22-14-12-10-8-6-2/h21-22,30-31H,5-20,23-29,32-39H2,1-4H3. The van der Waals surface area contributed by atoms with Gasteiger partial charge in [-0.1, -0.05) is 145 Å². The Hall–Kier alpha value is -0.0900. The summed E-state index contributed by atoms with van der Waals surface area (Å²) in [7, 11) is 4.53. The fourth-order valence-corrected chi connectivity index (χ4v) is 9.82. The van der Waals surface area contributed by atoms with Crippen molar-refractivity contribution in [3.05, 3.63) is 24.3 Å². The second-order valence-electron chi connectivity index (χ2n) is 13.7. The third-order valence-corrected chi connectivity index (χ3v) is 13.4. The van der Waals surface area contributed by atoms with Gasteiger partial charge in [0.25, 0.3) is 0 Å². The highest BCUT2D eigenvalue weighted by molar-refractivity contribution is 8.14. The van der Waals surface area contributed by atoms with Crippen molar-refractivity contribution in [1.82, 2.24) is 4.90 Å². The Bertz CT molecular complexity index is 691.